The van der Waals surface area contributed by atoms with Gasteiger partial charge >= 0.3 is 0 Å². The first-order valence-corrected chi connectivity index (χ1v) is 8.62. The summed E-state index contributed by atoms with van der Waals surface area (Å²) >= 11 is 0. The lowest BCUT2D eigenvalue weighted by atomic mass is 9.89. The fraction of sp³-hybridized carbons (Fsp3) is 0.391. The number of aliphatic hydroxyl groups excluding tert-OH is 1. The summed E-state index contributed by atoms with van der Waals surface area (Å²) in [7, 11) is 0. The average Bonchev–Trinajstić information content (AvgIpc) is 2.50. The normalized spacial score (nSPS) is 13.8. The van der Waals surface area contributed by atoms with Crippen LogP contribution in [0.2, 0.25) is 0 Å². The Morgan fingerprint density at radius 3 is 2.25 bits per heavy atom. The molecular weight excluding hydrogens is 292 g/mol. The molecule has 0 amide bonds. The predicted octanol–water partition coefficient (Wildman–Crippen LogP) is 5.96. The van der Waals surface area contributed by atoms with Crippen LogP contribution >= 0.6 is 0 Å². The lowest BCUT2D eigenvalue weighted by molar-refractivity contribution is 0.237. The third-order valence-electron chi connectivity index (χ3n) is 4.51. The molecule has 1 aromatic carbocycles. The largest absolute Gasteiger partial charge is 0.396 e. The predicted molar refractivity (Wildman–Crippen MR) is 107 cm³/mol. The summed E-state index contributed by atoms with van der Waals surface area (Å²) in [5, 5.41) is 9.41. The van der Waals surface area contributed by atoms with Gasteiger partial charge in [0.25, 0.3) is 0 Å². The van der Waals surface area contributed by atoms with Crippen LogP contribution in [0.4, 0.5) is 0 Å². The Hall–Kier alpha value is -1.86. The van der Waals surface area contributed by atoms with Crippen LogP contribution in [-0.2, 0) is 6.42 Å². The van der Waals surface area contributed by atoms with E-state index in [1.165, 1.54) is 27.8 Å². The molecule has 1 aromatic rings. The Labute approximate surface area is 148 Å². The summed E-state index contributed by atoms with van der Waals surface area (Å²) in [5.74, 6) is 0.253. The molecule has 24 heavy (non-hydrogen) atoms. The quantitative estimate of drug-likeness (QED) is 0.614. The first-order valence-electron chi connectivity index (χ1n) is 8.62. The number of allylic oxidation sites excluding steroid dienone is 6. The Kier molecular flexibility index (Phi) is 7.44. The highest BCUT2D eigenvalue weighted by Gasteiger charge is 2.11. The van der Waals surface area contributed by atoms with E-state index in [0.717, 1.165) is 23.1 Å². The second-order valence-corrected chi connectivity index (χ2v) is 6.92. The molecule has 1 nitrogen and oxygen atoms in total. The van der Waals surface area contributed by atoms with Gasteiger partial charge in [0.1, 0.15) is 0 Å². The van der Waals surface area contributed by atoms with Gasteiger partial charge in [-0.25, -0.2) is 0 Å². The average molecular weight is 325 g/mol. The van der Waals surface area contributed by atoms with Gasteiger partial charge in [0.2, 0.25) is 0 Å². The molecule has 0 aliphatic carbocycles. The second kappa shape index (κ2) is 8.84. The van der Waals surface area contributed by atoms with Gasteiger partial charge in [-0.3, -0.25) is 0 Å². The highest BCUT2D eigenvalue weighted by Crippen LogP contribution is 2.28. The van der Waals surface area contributed by atoms with E-state index in [0.29, 0.717) is 0 Å². The van der Waals surface area contributed by atoms with Crippen molar-refractivity contribution in [2.24, 2.45) is 5.92 Å². The zero-order valence-electron chi connectivity index (χ0n) is 16.2. The standard InChI is InChI=1S/C23H32O/c1-9-22(15(2)3)19(7)11-20(8)23-13-18(6)17(5)12-21(23)10-16(4)14-24/h9,11-13,16,24H,2,7,10,14H2,1,3-6,8H3/b20-11+,22-9-. The molecule has 1 heteroatoms. The molecule has 0 heterocycles. The van der Waals surface area contributed by atoms with Gasteiger partial charge < -0.3 is 5.11 Å². The lowest BCUT2D eigenvalue weighted by Gasteiger charge is -2.17. The van der Waals surface area contributed by atoms with Crippen LogP contribution in [0.15, 0.2) is 54.2 Å². The van der Waals surface area contributed by atoms with Crippen molar-refractivity contribution in [3.8, 4) is 0 Å². The second-order valence-electron chi connectivity index (χ2n) is 6.92. The first kappa shape index (κ1) is 20.2. The third kappa shape index (κ3) is 5.07. The van der Waals surface area contributed by atoms with Crippen LogP contribution in [-0.4, -0.2) is 11.7 Å². The molecule has 0 saturated heterocycles. The minimum atomic E-state index is 0.209. The Balaban J connectivity index is 3.33. The van der Waals surface area contributed by atoms with Crippen molar-refractivity contribution in [2.75, 3.05) is 6.61 Å². The zero-order valence-corrected chi connectivity index (χ0v) is 16.2. The van der Waals surface area contributed by atoms with Crippen LogP contribution in [0.1, 0.15) is 49.9 Å². The molecule has 1 unspecified atom stereocenters. The minimum Gasteiger partial charge on any atom is -0.396 e. The van der Waals surface area contributed by atoms with Gasteiger partial charge in [-0.05, 0) is 85.9 Å². The summed E-state index contributed by atoms with van der Waals surface area (Å²) < 4.78 is 0. The monoisotopic (exact) mass is 324 g/mol. The van der Waals surface area contributed by atoms with Gasteiger partial charge in [-0.2, -0.15) is 0 Å². The Morgan fingerprint density at radius 2 is 1.75 bits per heavy atom. The number of aryl methyl sites for hydroxylation is 2. The maximum atomic E-state index is 9.41. The summed E-state index contributed by atoms with van der Waals surface area (Å²) in [6.07, 6.45) is 5.08. The minimum absolute atomic E-state index is 0.209. The van der Waals surface area contributed by atoms with Crippen LogP contribution in [0, 0.1) is 19.8 Å². The molecule has 130 valence electrons. The molecule has 0 bridgehead atoms. The van der Waals surface area contributed by atoms with Crippen molar-refractivity contribution >= 4 is 5.57 Å². The maximum absolute atomic E-state index is 9.41. The first-order chi connectivity index (χ1) is 11.2. The Bertz CT molecular complexity index is 686. The number of hydrogen-bond donors (Lipinski definition) is 1. The summed E-state index contributed by atoms with van der Waals surface area (Å²) in [6, 6.07) is 4.51. The molecule has 0 aliphatic rings. The molecule has 0 radical (unpaired) electrons. The molecule has 0 fully saturated rings. The SMILES string of the molecule is C=C(C)/C(=C/C)C(=C)/C=C(\C)c1cc(C)c(C)cc1CC(C)CO. The zero-order chi connectivity index (χ0) is 18.4. The van der Waals surface area contributed by atoms with Crippen LogP contribution in [0.25, 0.3) is 5.57 Å². The number of rotatable bonds is 7. The molecule has 0 saturated carbocycles. The van der Waals surface area contributed by atoms with Crippen LogP contribution in [0.3, 0.4) is 0 Å². The van der Waals surface area contributed by atoms with E-state index in [1.54, 1.807) is 0 Å². The molecule has 0 aromatic heterocycles. The van der Waals surface area contributed by atoms with E-state index in [2.05, 4.69) is 65.1 Å². The van der Waals surface area contributed by atoms with E-state index >= 15 is 0 Å². The maximum Gasteiger partial charge on any atom is 0.0459 e. The Morgan fingerprint density at radius 1 is 1.17 bits per heavy atom. The van der Waals surface area contributed by atoms with Gasteiger partial charge in [0.05, 0.1) is 0 Å². The van der Waals surface area contributed by atoms with E-state index in [-0.39, 0.29) is 12.5 Å². The van der Waals surface area contributed by atoms with Crippen molar-refractivity contribution in [2.45, 2.75) is 48.0 Å². The van der Waals surface area contributed by atoms with Gasteiger partial charge in [0.15, 0.2) is 0 Å². The van der Waals surface area contributed by atoms with Crippen LogP contribution < -0.4 is 0 Å². The van der Waals surface area contributed by atoms with Gasteiger partial charge in [-0.1, -0.05) is 49.9 Å². The van der Waals surface area contributed by atoms with Gasteiger partial charge in [0, 0.05) is 6.61 Å². The van der Waals surface area contributed by atoms with Crippen molar-refractivity contribution in [1.29, 1.82) is 0 Å². The molecule has 0 aliphatic heterocycles. The molecule has 1 atom stereocenters. The van der Waals surface area contributed by atoms with Crippen molar-refractivity contribution in [3.63, 3.8) is 0 Å². The number of aliphatic hydroxyl groups is 1. The highest BCUT2D eigenvalue weighted by molar-refractivity contribution is 5.72. The summed E-state index contributed by atoms with van der Waals surface area (Å²) in [5.41, 5.74) is 9.43. The molecule has 0 spiro atoms. The number of hydrogen-bond acceptors (Lipinski definition) is 1. The third-order valence-corrected chi connectivity index (χ3v) is 4.51. The number of benzene rings is 1. The highest BCUT2D eigenvalue weighted by atomic mass is 16.3. The molecule has 1 N–H and O–H groups in total. The molecular formula is C23H32O. The topological polar surface area (TPSA) is 20.2 Å². The van der Waals surface area contributed by atoms with Crippen molar-refractivity contribution in [3.05, 3.63) is 76.4 Å². The van der Waals surface area contributed by atoms with E-state index in [1.807, 2.05) is 13.8 Å². The fourth-order valence-electron chi connectivity index (χ4n) is 2.97. The fourth-order valence-corrected chi connectivity index (χ4v) is 2.97. The summed E-state index contributed by atoms with van der Waals surface area (Å²) in [6.45, 7) is 21.0. The van der Waals surface area contributed by atoms with Gasteiger partial charge in [-0.15, -0.1) is 0 Å². The van der Waals surface area contributed by atoms with E-state index in [9.17, 15) is 5.11 Å². The lowest BCUT2D eigenvalue weighted by Crippen LogP contribution is -2.07. The van der Waals surface area contributed by atoms with E-state index < -0.39 is 0 Å². The van der Waals surface area contributed by atoms with E-state index in [4.69, 9.17) is 0 Å². The van der Waals surface area contributed by atoms with Crippen molar-refractivity contribution in [1.82, 2.24) is 0 Å². The summed E-state index contributed by atoms with van der Waals surface area (Å²) in [4.78, 5) is 0. The van der Waals surface area contributed by atoms with Crippen LogP contribution in [0.5, 0.6) is 0 Å². The molecule has 1 rings (SSSR count). The smallest absolute Gasteiger partial charge is 0.0459 e. The van der Waals surface area contributed by atoms with Crippen molar-refractivity contribution < 1.29 is 5.11 Å².